The third kappa shape index (κ3) is 5.82. The zero-order valence-corrected chi connectivity index (χ0v) is 12.9. The standard InChI is InChI=1S/C8H7N.C4H8O2.K.H/c1-2-4-8-7(3-1)5-6-9-8;1-2-3-4(5)6;;/h1-6,9H;2-3H2,1H3,(H,5,6);;/q;;+1;-1. The molecule has 2 N–H and O–H groups in total. The zero-order chi connectivity index (χ0) is 11.1. The number of H-pyrrole nitrogens is 1. The molecule has 1 aromatic carbocycles. The smallest absolute Gasteiger partial charge is 1.00 e. The number of fused-ring (bicyclic) bond motifs is 1. The Morgan fingerprint density at radius 2 is 2.06 bits per heavy atom. The maximum absolute atomic E-state index is 9.60. The molecule has 0 fully saturated rings. The van der Waals surface area contributed by atoms with Crippen molar-refractivity contribution in [3.63, 3.8) is 0 Å². The van der Waals surface area contributed by atoms with Crippen molar-refractivity contribution in [2.75, 3.05) is 0 Å². The van der Waals surface area contributed by atoms with Crippen LogP contribution >= 0.6 is 0 Å². The van der Waals surface area contributed by atoms with E-state index in [0.29, 0.717) is 6.42 Å². The summed E-state index contributed by atoms with van der Waals surface area (Å²) in [5.74, 6) is -0.711. The molecule has 0 atom stereocenters. The van der Waals surface area contributed by atoms with Crippen molar-refractivity contribution in [3.8, 4) is 0 Å². The van der Waals surface area contributed by atoms with Crippen molar-refractivity contribution in [3.05, 3.63) is 36.5 Å². The first-order valence-electron chi connectivity index (χ1n) is 4.98. The quantitative estimate of drug-likeness (QED) is 0.740. The minimum absolute atomic E-state index is 0. The number of para-hydroxylation sites is 1. The third-order valence-corrected chi connectivity index (χ3v) is 1.93. The van der Waals surface area contributed by atoms with E-state index >= 15 is 0 Å². The molecule has 1 aromatic heterocycles. The number of nitrogens with one attached hydrogen (secondary N) is 1. The Kier molecular flexibility index (Phi) is 8.88. The van der Waals surface area contributed by atoms with Crippen LogP contribution in [-0.4, -0.2) is 16.1 Å². The average Bonchev–Trinajstić information content (AvgIpc) is 2.65. The molecule has 0 amide bonds. The molecule has 4 heteroatoms. The molecule has 2 aromatic rings. The fraction of sp³-hybridized carbons (Fsp3) is 0.250. The van der Waals surface area contributed by atoms with Crippen LogP contribution in [0.4, 0.5) is 0 Å². The number of aromatic nitrogens is 1. The molecule has 0 bridgehead atoms. The summed E-state index contributed by atoms with van der Waals surface area (Å²) in [6.07, 6.45) is 2.97. The van der Waals surface area contributed by atoms with Crippen LogP contribution in [0, 0.1) is 0 Å². The monoisotopic (exact) mass is 245 g/mol. The molecule has 82 valence electrons. The third-order valence-electron chi connectivity index (χ3n) is 1.93. The van der Waals surface area contributed by atoms with E-state index in [-0.39, 0.29) is 52.8 Å². The minimum Gasteiger partial charge on any atom is -1.00 e. The van der Waals surface area contributed by atoms with Gasteiger partial charge in [0, 0.05) is 18.1 Å². The Labute approximate surface area is 139 Å². The van der Waals surface area contributed by atoms with Gasteiger partial charge in [-0.25, -0.2) is 0 Å². The van der Waals surface area contributed by atoms with Crippen LogP contribution in [0.5, 0.6) is 0 Å². The maximum Gasteiger partial charge on any atom is 1.00 e. The van der Waals surface area contributed by atoms with E-state index in [1.807, 2.05) is 25.3 Å². The van der Waals surface area contributed by atoms with Gasteiger partial charge >= 0.3 is 57.4 Å². The van der Waals surface area contributed by atoms with Crippen LogP contribution in [0.25, 0.3) is 10.9 Å². The van der Waals surface area contributed by atoms with Crippen molar-refractivity contribution >= 4 is 16.9 Å². The van der Waals surface area contributed by atoms with Crippen LogP contribution in [0.3, 0.4) is 0 Å². The van der Waals surface area contributed by atoms with Gasteiger partial charge in [0.05, 0.1) is 0 Å². The molecule has 2 rings (SSSR count). The second kappa shape index (κ2) is 8.95. The molecular weight excluding hydrogens is 229 g/mol. The summed E-state index contributed by atoms with van der Waals surface area (Å²) in [4.78, 5) is 12.7. The molecule has 0 aliphatic heterocycles. The van der Waals surface area contributed by atoms with Crippen molar-refractivity contribution in [1.29, 1.82) is 0 Å². The minimum atomic E-state index is -0.711. The van der Waals surface area contributed by atoms with Crippen molar-refractivity contribution in [2.45, 2.75) is 19.8 Å². The number of aliphatic carboxylic acids is 1. The topological polar surface area (TPSA) is 53.1 Å². The van der Waals surface area contributed by atoms with Gasteiger partial charge in [0.1, 0.15) is 0 Å². The van der Waals surface area contributed by atoms with Gasteiger partial charge in [-0.15, -0.1) is 0 Å². The van der Waals surface area contributed by atoms with Gasteiger partial charge in [0.25, 0.3) is 0 Å². The van der Waals surface area contributed by atoms with E-state index in [1.165, 1.54) is 10.9 Å². The van der Waals surface area contributed by atoms with E-state index in [2.05, 4.69) is 23.2 Å². The van der Waals surface area contributed by atoms with Crippen LogP contribution in [-0.2, 0) is 4.79 Å². The largest absolute Gasteiger partial charge is 1.00 e. The van der Waals surface area contributed by atoms with Crippen LogP contribution in [0.2, 0.25) is 0 Å². The molecule has 0 spiro atoms. The van der Waals surface area contributed by atoms with Gasteiger partial charge < -0.3 is 11.5 Å². The molecule has 0 saturated carbocycles. The number of hydrogen-bond acceptors (Lipinski definition) is 1. The molecule has 16 heavy (non-hydrogen) atoms. The van der Waals surface area contributed by atoms with Crippen LogP contribution in [0.1, 0.15) is 21.2 Å². The van der Waals surface area contributed by atoms with Crippen LogP contribution < -0.4 is 51.4 Å². The Balaban J connectivity index is 0. The number of benzene rings is 1. The Bertz CT molecular complexity index is 401. The summed E-state index contributed by atoms with van der Waals surface area (Å²) in [6.45, 7) is 1.84. The Morgan fingerprint density at radius 1 is 1.38 bits per heavy atom. The molecule has 0 radical (unpaired) electrons. The zero-order valence-electron chi connectivity index (χ0n) is 10.7. The first-order valence-corrected chi connectivity index (χ1v) is 4.98. The first-order chi connectivity index (χ1) is 7.24. The van der Waals surface area contributed by atoms with Gasteiger partial charge in [-0.1, -0.05) is 25.1 Å². The van der Waals surface area contributed by atoms with Crippen molar-refractivity contribution in [1.82, 2.24) is 4.98 Å². The summed E-state index contributed by atoms with van der Waals surface area (Å²) < 4.78 is 0. The summed E-state index contributed by atoms with van der Waals surface area (Å²) in [5, 5.41) is 9.19. The van der Waals surface area contributed by atoms with E-state index in [0.717, 1.165) is 6.42 Å². The summed E-state index contributed by atoms with van der Waals surface area (Å²) in [6, 6.07) is 10.3. The first kappa shape index (κ1) is 15.9. The molecule has 0 aliphatic rings. The van der Waals surface area contributed by atoms with E-state index < -0.39 is 5.97 Å². The fourth-order valence-electron chi connectivity index (χ4n) is 1.21. The number of carbonyl (C=O) groups is 1. The SMILES string of the molecule is CCCC(=O)O.[H-].[K+].c1ccc2[nH]ccc2c1. The second-order valence-electron chi connectivity index (χ2n) is 3.21. The molecule has 0 saturated heterocycles. The molecule has 0 aliphatic carbocycles. The number of rotatable bonds is 2. The maximum atomic E-state index is 9.60. The second-order valence-corrected chi connectivity index (χ2v) is 3.21. The van der Waals surface area contributed by atoms with Gasteiger partial charge in [-0.05, 0) is 23.9 Å². The summed E-state index contributed by atoms with van der Waals surface area (Å²) in [5.41, 5.74) is 1.21. The summed E-state index contributed by atoms with van der Waals surface area (Å²) in [7, 11) is 0. The van der Waals surface area contributed by atoms with Gasteiger partial charge in [0.15, 0.2) is 0 Å². The molecule has 1 heterocycles. The number of hydrogen-bond donors (Lipinski definition) is 2. The number of carboxylic acid groups (broad SMARTS) is 1. The fourth-order valence-corrected chi connectivity index (χ4v) is 1.21. The van der Waals surface area contributed by atoms with E-state index in [4.69, 9.17) is 5.11 Å². The van der Waals surface area contributed by atoms with Crippen molar-refractivity contribution in [2.24, 2.45) is 0 Å². The predicted octanol–water partition coefficient (Wildman–Crippen LogP) is 0.156. The van der Waals surface area contributed by atoms with E-state index in [1.54, 1.807) is 0 Å². The number of aromatic amines is 1. The normalized spacial score (nSPS) is 8.81. The molecule has 3 nitrogen and oxygen atoms in total. The molecular formula is C12H16KNO2. The Hall–Kier alpha value is -0.134. The molecule has 0 unspecified atom stereocenters. The van der Waals surface area contributed by atoms with Crippen LogP contribution in [0.15, 0.2) is 36.5 Å². The van der Waals surface area contributed by atoms with Gasteiger partial charge in [0.2, 0.25) is 0 Å². The van der Waals surface area contributed by atoms with E-state index in [9.17, 15) is 4.79 Å². The van der Waals surface area contributed by atoms with Crippen molar-refractivity contribution < 1.29 is 62.7 Å². The average molecular weight is 245 g/mol. The number of carboxylic acids is 1. The summed E-state index contributed by atoms with van der Waals surface area (Å²) >= 11 is 0. The Morgan fingerprint density at radius 3 is 2.56 bits per heavy atom. The predicted molar refractivity (Wildman–Crippen MR) is 62.0 cm³/mol. The van der Waals surface area contributed by atoms with Gasteiger partial charge in [-0.3, -0.25) is 4.79 Å². The van der Waals surface area contributed by atoms with Gasteiger partial charge in [-0.2, -0.15) is 0 Å².